The van der Waals surface area contributed by atoms with Crippen LogP contribution in [0, 0.1) is 0 Å². The fraction of sp³-hybridized carbons (Fsp3) is 0.294. The molecule has 0 amide bonds. The smallest absolute Gasteiger partial charge is 0.118 e. The van der Waals surface area contributed by atoms with Crippen LogP contribution in [0.2, 0.25) is 0 Å². The van der Waals surface area contributed by atoms with Gasteiger partial charge in [-0.05, 0) is 82.8 Å². The third kappa shape index (κ3) is 6.13. The van der Waals surface area contributed by atoms with Crippen molar-refractivity contribution >= 4 is 11.4 Å². The molecule has 4 nitrogen and oxygen atoms in total. The van der Waals surface area contributed by atoms with Gasteiger partial charge in [-0.2, -0.15) is 0 Å². The Morgan fingerprint density at radius 3 is 1.63 bits per heavy atom. The van der Waals surface area contributed by atoms with E-state index in [1.54, 1.807) is 14.2 Å². The normalized spacial score (nSPS) is 11.8. The lowest BCUT2D eigenvalue weighted by molar-refractivity contribution is 0.414. The van der Waals surface area contributed by atoms with Crippen LogP contribution in [0.25, 0.3) is 0 Å². The summed E-state index contributed by atoms with van der Waals surface area (Å²) >= 11 is 0. The highest BCUT2D eigenvalue weighted by molar-refractivity contribution is 5.55. The van der Waals surface area contributed by atoms with E-state index < -0.39 is 0 Å². The van der Waals surface area contributed by atoms with E-state index in [4.69, 9.17) is 9.47 Å². The first kappa shape index (κ1) is 27.1. The molecule has 0 spiro atoms. The molecule has 0 saturated carbocycles. The monoisotopic (exact) mass is 508 g/mol. The molecule has 38 heavy (non-hydrogen) atoms. The van der Waals surface area contributed by atoms with Gasteiger partial charge in [0.05, 0.1) is 14.2 Å². The van der Waals surface area contributed by atoms with Crippen molar-refractivity contribution in [3.63, 3.8) is 0 Å². The van der Waals surface area contributed by atoms with Gasteiger partial charge in [0, 0.05) is 51.4 Å². The molecule has 0 radical (unpaired) electrons. The highest BCUT2D eigenvalue weighted by Gasteiger charge is 2.21. The molecule has 1 unspecified atom stereocenters. The highest BCUT2D eigenvalue weighted by Crippen LogP contribution is 2.37. The average molecular weight is 509 g/mol. The Hall–Kier alpha value is -3.92. The minimum atomic E-state index is 0.191. The quantitative estimate of drug-likeness (QED) is 0.223. The van der Waals surface area contributed by atoms with Crippen LogP contribution in [-0.2, 0) is 6.42 Å². The summed E-state index contributed by atoms with van der Waals surface area (Å²) in [5.41, 5.74) is 8.99. The molecule has 4 aromatic carbocycles. The molecule has 1 atom stereocenters. The third-order valence-electron chi connectivity index (χ3n) is 7.46. The second kappa shape index (κ2) is 12.1. The Bertz CT molecular complexity index is 1280. The lowest BCUT2D eigenvalue weighted by Gasteiger charge is -2.25. The maximum Gasteiger partial charge on any atom is 0.118 e. The molecule has 4 rings (SSSR count). The molecule has 0 fully saturated rings. The van der Waals surface area contributed by atoms with Gasteiger partial charge in [0.2, 0.25) is 0 Å². The number of methoxy groups -OCH3 is 2. The summed E-state index contributed by atoms with van der Waals surface area (Å²) in [4.78, 5) is 4.34. The predicted molar refractivity (Wildman–Crippen MR) is 161 cm³/mol. The Morgan fingerprint density at radius 2 is 1.13 bits per heavy atom. The first-order valence-corrected chi connectivity index (χ1v) is 13.2. The largest absolute Gasteiger partial charge is 0.497 e. The van der Waals surface area contributed by atoms with Crippen molar-refractivity contribution in [2.24, 2.45) is 0 Å². The Morgan fingerprint density at radius 1 is 0.605 bits per heavy atom. The summed E-state index contributed by atoms with van der Waals surface area (Å²) in [5.74, 6) is 2.17. The van der Waals surface area contributed by atoms with Crippen LogP contribution in [0.4, 0.5) is 11.4 Å². The fourth-order valence-electron chi connectivity index (χ4n) is 5.02. The van der Waals surface area contributed by atoms with Crippen LogP contribution in [0.1, 0.15) is 46.6 Å². The number of benzene rings is 4. The van der Waals surface area contributed by atoms with E-state index in [0.717, 1.165) is 17.9 Å². The molecule has 0 aliphatic carbocycles. The third-order valence-corrected chi connectivity index (χ3v) is 7.46. The summed E-state index contributed by atoms with van der Waals surface area (Å²) in [6.07, 6.45) is 0.888. The van der Waals surface area contributed by atoms with E-state index in [0.29, 0.717) is 0 Å². The first-order valence-electron chi connectivity index (χ1n) is 13.2. The number of hydrogen-bond donors (Lipinski definition) is 0. The number of rotatable bonds is 10. The summed E-state index contributed by atoms with van der Waals surface area (Å²) in [6, 6.07) is 32.7. The molecule has 4 heteroatoms. The van der Waals surface area contributed by atoms with E-state index in [1.807, 2.05) is 0 Å². The zero-order valence-electron chi connectivity index (χ0n) is 23.7. The average Bonchev–Trinajstić information content (AvgIpc) is 2.95. The SMILES string of the molecule is COc1ccc(C(Cc2ccc(N(C)C)cc2C(C)c2cccc(N(C)C)c2)c2ccc(OC)cc2)cc1. The van der Waals surface area contributed by atoms with E-state index in [9.17, 15) is 0 Å². The van der Waals surface area contributed by atoms with Crippen molar-refractivity contribution in [1.82, 2.24) is 0 Å². The van der Waals surface area contributed by atoms with Gasteiger partial charge in [0.25, 0.3) is 0 Å². The number of anilines is 2. The fourth-order valence-corrected chi connectivity index (χ4v) is 5.02. The second-order valence-corrected chi connectivity index (χ2v) is 10.3. The van der Waals surface area contributed by atoms with Gasteiger partial charge in [0.1, 0.15) is 11.5 Å². The maximum absolute atomic E-state index is 5.44. The summed E-state index contributed by atoms with van der Waals surface area (Å²) in [6.45, 7) is 2.32. The van der Waals surface area contributed by atoms with Gasteiger partial charge in [-0.15, -0.1) is 0 Å². The molecule has 4 aromatic rings. The van der Waals surface area contributed by atoms with Gasteiger partial charge in [-0.1, -0.05) is 49.4 Å². The van der Waals surface area contributed by atoms with Crippen LogP contribution in [0.3, 0.4) is 0 Å². The van der Waals surface area contributed by atoms with Crippen LogP contribution < -0.4 is 19.3 Å². The molecular formula is C34H40N2O2. The maximum atomic E-state index is 5.44. The summed E-state index contributed by atoms with van der Waals surface area (Å²) < 4.78 is 10.9. The molecule has 0 bridgehead atoms. The van der Waals surface area contributed by atoms with Crippen molar-refractivity contribution < 1.29 is 9.47 Å². The van der Waals surface area contributed by atoms with Gasteiger partial charge in [-0.3, -0.25) is 0 Å². The molecule has 0 saturated heterocycles. The van der Waals surface area contributed by atoms with E-state index in [1.165, 1.54) is 39.2 Å². The zero-order valence-corrected chi connectivity index (χ0v) is 23.7. The number of nitrogens with zero attached hydrogens (tertiary/aromatic N) is 2. The molecule has 0 N–H and O–H groups in total. The minimum absolute atomic E-state index is 0.191. The molecule has 0 heterocycles. The van der Waals surface area contributed by atoms with Gasteiger partial charge < -0.3 is 19.3 Å². The van der Waals surface area contributed by atoms with Crippen molar-refractivity contribution in [1.29, 1.82) is 0 Å². The van der Waals surface area contributed by atoms with Crippen LogP contribution in [0.5, 0.6) is 11.5 Å². The molecular weight excluding hydrogens is 468 g/mol. The predicted octanol–water partition coefficient (Wildman–Crippen LogP) is 7.36. The van der Waals surface area contributed by atoms with E-state index in [-0.39, 0.29) is 11.8 Å². The summed E-state index contributed by atoms with van der Waals surface area (Å²) in [7, 11) is 11.8. The zero-order chi connectivity index (χ0) is 27.2. The number of ether oxygens (including phenoxy) is 2. The Labute approximate surface area is 228 Å². The van der Waals surface area contributed by atoms with Crippen LogP contribution in [0.15, 0.2) is 91.0 Å². The van der Waals surface area contributed by atoms with Crippen LogP contribution >= 0.6 is 0 Å². The molecule has 0 aromatic heterocycles. The van der Waals surface area contributed by atoms with Gasteiger partial charge in [-0.25, -0.2) is 0 Å². The van der Waals surface area contributed by atoms with Crippen molar-refractivity contribution in [3.05, 3.63) is 119 Å². The second-order valence-electron chi connectivity index (χ2n) is 10.3. The lowest BCUT2D eigenvalue weighted by atomic mass is 9.81. The molecule has 0 aliphatic rings. The van der Waals surface area contributed by atoms with E-state index >= 15 is 0 Å². The van der Waals surface area contributed by atoms with Crippen molar-refractivity contribution in [2.75, 3.05) is 52.2 Å². The lowest BCUT2D eigenvalue weighted by Crippen LogP contribution is -2.13. The standard InChI is InChI=1S/C34H40N2O2/c1-24(27-9-8-10-29(21-27)35(2)3)33-23-30(36(4)5)16-11-28(33)22-34(25-12-17-31(37-6)18-13-25)26-14-19-32(38-7)20-15-26/h8-21,23-24,34H,22H2,1-7H3. The number of hydrogen-bond acceptors (Lipinski definition) is 4. The van der Waals surface area contributed by atoms with Gasteiger partial charge in [0.15, 0.2) is 0 Å². The van der Waals surface area contributed by atoms with E-state index in [2.05, 4.69) is 136 Å². The molecule has 198 valence electrons. The highest BCUT2D eigenvalue weighted by atomic mass is 16.5. The van der Waals surface area contributed by atoms with Crippen molar-refractivity contribution in [3.8, 4) is 11.5 Å². The van der Waals surface area contributed by atoms with Gasteiger partial charge >= 0.3 is 0 Å². The molecule has 0 aliphatic heterocycles. The Kier molecular flexibility index (Phi) is 8.62. The topological polar surface area (TPSA) is 24.9 Å². The van der Waals surface area contributed by atoms with Crippen LogP contribution in [-0.4, -0.2) is 42.4 Å². The minimum Gasteiger partial charge on any atom is -0.497 e. The summed E-state index contributed by atoms with van der Waals surface area (Å²) in [5, 5.41) is 0. The first-order chi connectivity index (χ1) is 18.3. The van der Waals surface area contributed by atoms with Crippen molar-refractivity contribution in [2.45, 2.75) is 25.2 Å². The Balaban J connectivity index is 1.79.